The number of ether oxygens (including phenoxy) is 1. The topological polar surface area (TPSA) is 52.3 Å². The molecule has 0 N–H and O–H groups in total. The van der Waals surface area contributed by atoms with E-state index in [1.54, 1.807) is 12.5 Å². The van der Waals surface area contributed by atoms with Crippen LogP contribution in [0.4, 0.5) is 0 Å². The number of aromatic nitrogens is 3. The van der Waals surface area contributed by atoms with Crippen LogP contribution in [-0.4, -0.2) is 44.7 Å². The van der Waals surface area contributed by atoms with Gasteiger partial charge in [-0.05, 0) is 36.4 Å². The monoisotopic (exact) mass is 336 g/mol. The summed E-state index contributed by atoms with van der Waals surface area (Å²) in [5, 5.41) is 0. The molecule has 1 atom stereocenters. The van der Waals surface area contributed by atoms with Gasteiger partial charge < -0.3 is 18.8 Å². The van der Waals surface area contributed by atoms with E-state index < -0.39 is 0 Å². The molecule has 1 aliphatic rings. The number of benzene rings is 1. The quantitative estimate of drug-likeness (QED) is 0.738. The zero-order valence-corrected chi connectivity index (χ0v) is 14.1. The van der Waals surface area contributed by atoms with Crippen LogP contribution in [0.25, 0.3) is 5.69 Å². The van der Waals surface area contributed by atoms with Crippen molar-refractivity contribution in [2.75, 3.05) is 19.8 Å². The Bertz CT molecular complexity index is 852. The third-order valence-corrected chi connectivity index (χ3v) is 4.63. The zero-order chi connectivity index (χ0) is 17.2. The second-order valence-corrected chi connectivity index (χ2v) is 6.15. The van der Waals surface area contributed by atoms with Crippen molar-refractivity contribution in [2.24, 2.45) is 7.05 Å². The van der Waals surface area contributed by atoms with E-state index in [1.165, 1.54) is 0 Å². The van der Waals surface area contributed by atoms with Gasteiger partial charge in [0, 0.05) is 49.1 Å². The lowest BCUT2D eigenvalue weighted by Gasteiger charge is -2.36. The highest BCUT2D eigenvalue weighted by Crippen LogP contribution is 2.26. The summed E-state index contributed by atoms with van der Waals surface area (Å²) in [7, 11) is 1.99. The maximum absolute atomic E-state index is 13.1. The molecule has 128 valence electrons. The molecule has 0 unspecified atom stereocenters. The maximum atomic E-state index is 13.1. The van der Waals surface area contributed by atoms with Gasteiger partial charge in [-0.25, -0.2) is 4.98 Å². The van der Waals surface area contributed by atoms with Gasteiger partial charge in [0.2, 0.25) is 0 Å². The van der Waals surface area contributed by atoms with E-state index in [9.17, 15) is 4.79 Å². The standard InChI is InChI=1S/C19H20N4O2/c1-21-9-2-3-17(21)18-13-25-12-11-23(18)19(24)15-4-6-16(7-5-15)22-10-8-20-14-22/h2-10,14,18H,11-13H2,1H3/t18-/m1/s1. The minimum Gasteiger partial charge on any atom is -0.377 e. The van der Waals surface area contributed by atoms with Gasteiger partial charge in [0.15, 0.2) is 0 Å². The summed E-state index contributed by atoms with van der Waals surface area (Å²) in [4.78, 5) is 19.0. The maximum Gasteiger partial charge on any atom is 0.254 e. The predicted molar refractivity (Wildman–Crippen MR) is 93.6 cm³/mol. The van der Waals surface area contributed by atoms with Crippen LogP contribution in [0.2, 0.25) is 0 Å². The Morgan fingerprint density at radius 2 is 2.04 bits per heavy atom. The van der Waals surface area contributed by atoms with Gasteiger partial charge in [-0.1, -0.05) is 0 Å². The average molecular weight is 336 g/mol. The van der Waals surface area contributed by atoms with Gasteiger partial charge in [0.1, 0.15) is 0 Å². The lowest BCUT2D eigenvalue weighted by Crippen LogP contribution is -2.44. The van der Waals surface area contributed by atoms with E-state index in [2.05, 4.69) is 4.98 Å². The summed E-state index contributed by atoms with van der Waals surface area (Å²) >= 11 is 0. The first-order chi connectivity index (χ1) is 12.2. The fourth-order valence-electron chi connectivity index (χ4n) is 3.27. The Hall–Kier alpha value is -2.86. The molecule has 1 saturated heterocycles. The SMILES string of the molecule is Cn1cccc1[C@H]1COCCN1C(=O)c1ccc(-n2ccnc2)cc1. The number of hydrogen-bond donors (Lipinski definition) is 0. The second kappa shape index (κ2) is 6.57. The largest absolute Gasteiger partial charge is 0.377 e. The number of rotatable bonds is 3. The molecule has 3 heterocycles. The highest BCUT2D eigenvalue weighted by atomic mass is 16.5. The molecule has 0 saturated carbocycles. The van der Waals surface area contributed by atoms with E-state index in [1.807, 2.05) is 69.9 Å². The number of morpholine rings is 1. The molecular weight excluding hydrogens is 316 g/mol. The van der Waals surface area contributed by atoms with E-state index in [-0.39, 0.29) is 11.9 Å². The summed E-state index contributed by atoms with van der Waals surface area (Å²) in [5.41, 5.74) is 2.75. The van der Waals surface area contributed by atoms with Gasteiger partial charge in [-0.3, -0.25) is 4.79 Å². The number of amides is 1. The number of carbonyl (C=O) groups excluding carboxylic acids is 1. The molecule has 1 fully saturated rings. The average Bonchev–Trinajstić information content (AvgIpc) is 3.33. The number of imidazole rings is 1. The predicted octanol–water partition coefficient (Wildman–Crippen LogP) is 2.42. The van der Waals surface area contributed by atoms with Crippen molar-refractivity contribution in [1.29, 1.82) is 0 Å². The number of nitrogens with zero attached hydrogens (tertiary/aromatic N) is 4. The Morgan fingerprint density at radius 1 is 1.20 bits per heavy atom. The normalized spacial score (nSPS) is 17.6. The summed E-state index contributed by atoms with van der Waals surface area (Å²) < 4.78 is 9.58. The molecule has 1 amide bonds. The van der Waals surface area contributed by atoms with Crippen molar-refractivity contribution < 1.29 is 9.53 Å². The van der Waals surface area contributed by atoms with Crippen LogP contribution in [0.3, 0.4) is 0 Å². The van der Waals surface area contributed by atoms with Crippen LogP contribution in [0.5, 0.6) is 0 Å². The molecule has 3 aromatic rings. The van der Waals surface area contributed by atoms with E-state index >= 15 is 0 Å². The molecule has 0 spiro atoms. The van der Waals surface area contributed by atoms with Gasteiger partial charge in [0.25, 0.3) is 5.91 Å². The minimum atomic E-state index is -0.0606. The Kier molecular flexibility index (Phi) is 4.11. The molecule has 4 rings (SSSR count). The van der Waals surface area contributed by atoms with Crippen molar-refractivity contribution in [3.05, 3.63) is 72.6 Å². The van der Waals surface area contributed by atoms with Crippen LogP contribution in [-0.2, 0) is 11.8 Å². The van der Waals surface area contributed by atoms with Crippen molar-refractivity contribution in [3.8, 4) is 5.69 Å². The second-order valence-electron chi connectivity index (χ2n) is 6.15. The molecular formula is C19H20N4O2. The van der Waals surface area contributed by atoms with Crippen LogP contribution in [0, 0.1) is 0 Å². The van der Waals surface area contributed by atoms with Crippen LogP contribution < -0.4 is 0 Å². The van der Waals surface area contributed by atoms with E-state index in [4.69, 9.17) is 4.74 Å². The first kappa shape index (κ1) is 15.7. The number of hydrogen-bond acceptors (Lipinski definition) is 3. The first-order valence-corrected chi connectivity index (χ1v) is 8.32. The number of aryl methyl sites for hydroxylation is 1. The molecule has 0 bridgehead atoms. The Balaban J connectivity index is 1.59. The van der Waals surface area contributed by atoms with Crippen LogP contribution in [0.15, 0.2) is 61.3 Å². The summed E-state index contributed by atoms with van der Waals surface area (Å²) in [6.07, 6.45) is 7.35. The smallest absolute Gasteiger partial charge is 0.254 e. The van der Waals surface area contributed by atoms with Gasteiger partial charge >= 0.3 is 0 Å². The van der Waals surface area contributed by atoms with Crippen LogP contribution >= 0.6 is 0 Å². The van der Waals surface area contributed by atoms with Gasteiger partial charge in [0.05, 0.1) is 25.6 Å². The summed E-state index contributed by atoms with van der Waals surface area (Å²) in [6.45, 7) is 1.69. The summed E-state index contributed by atoms with van der Waals surface area (Å²) in [6, 6.07) is 11.6. The molecule has 6 nitrogen and oxygen atoms in total. The third-order valence-electron chi connectivity index (χ3n) is 4.63. The lowest BCUT2D eigenvalue weighted by molar-refractivity contribution is -0.00463. The number of carbonyl (C=O) groups is 1. The van der Waals surface area contributed by atoms with Crippen molar-refractivity contribution >= 4 is 5.91 Å². The fourth-order valence-corrected chi connectivity index (χ4v) is 3.27. The molecule has 0 radical (unpaired) electrons. The highest BCUT2D eigenvalue weighted by Gasteiger charge is 2.30. The lowest BCUT2D eigenvalue weighted by atomic mass is 10.1. The Morgan fingerprint density at radius 3 is 2.72 bits per heavy atom. The van der Waals surface area contributed by atoms with Crippen LogP contribution in [0.1, 0.15) is 22.1 Å². The van der Waals surface area contributed by atoms with E-state index in [0.717, 1.165) is 11.4 Å². The molecule has 6 heteroatoms. The van der Waals surface area contributed by atoms with Crippen molar-refractivity contribution in [1.82, 2.24) is 19.0 Å². The first-order valence-electron chi connectivity index (χ1n) is 8.32. The van der Waals surface area contributed by atoms with Crippen molar-refractivity contribution in [3.63, 3.8) is 0 Å². The zero-order valence-electron chi connectivity index (χ0n) is 14.1. The highest BCUT2D eigenvalue weighted by molar-refractivity contribution is 5.94. The Labute approximate surface area is 146 Å². The van der Waals surface area contributed by atoms with E-state index in [0.29, 0.717) is 25.3 Å². The fraction of sp³-hybridized carbons (Fsp3) is 0.263. The third kappa shape index (κ3) is 2.96. The molecule has 0 aliphatic carbocycles. The van der Waals surface area contributed by atoms with Gasteiger partial charge in [-0.2, -0.15) is 0 Å². The molecule has 2 aromatic heterocycles. The van der Waals surface area contributed by atoms with Crippen molar-refractivity contribution in [2.45, 2.75) is 6.04 Å². The molecule has 1 aliphatic heterocycles. The summed E-state index contributed by atoms with van der Waals surface area (Å²) in [5.74, 6) is 0.0340. The molecule has 1 aromatic carbocycles. The molecule has 25 heavy (non-hydrogen) atoms. The van der Waals surface area contributed by atoms with Gasteiger partial charge in [-0.15, -0.1) is 0 Å². The minimum absolute atomic E-state index is 0.0340.